The minimum atomic E-state index is -0.374. The molecule has 0 aromatic heterocycles. The number of hydrogen-bond donors (Lipinski definition) is 4. The third-order valence-electron chi connectivity index (χ3n) is 22.6. The van der Waals surface area contributed by atoms with Gasteiger partial charge in [0.2, 0.25) is 0 Å². The molecule has 0 unspecified atom stereocenters. The molecule has 580 valence electrons. The lowest BCUT2D eigenvalue weighted by Gasteiger charge is -2.28. The molecule has 0 fully saturated rings. The number of fused-ring (bicyclic) bond motifs is 4. The van der Waals surface area contributed by atoms with Gasteiger partial charge in [0.1, 0.15) is 28.7 Å². The second-order valence-electron chi connectivity index (χ2n) is 40.1. The Bertz CT molecular complexity index is 5050. The van der Waals surface area contributed by atoms with Crippen LogP contribution in [0, 0.1) is 23.7 Å². The van der Waals surface area contributed by atoms with Crippen molar-refractivity contribution >= 4 is 43.1 Å². The molecule has 0 radical (unpaired) electrons. The molecule has 0 saturated carbocycles. The van der Waals surface area contributed by atoms with Gasteiger partial charge in [-0.15, -0.1) is 0 Å². The van der Waals surface area contributed by atoms with Gasteiger partial charge in [0.25, 0.3) is 0 Å². The van der Waals surface area contributed by atoms with Crippen LogP contribution >= 0.6 is 0 Å². The van der Waals surface area contributed by atoms with Crippen LogP contribution in [0.15, 0.2) is 152 Å². The van der Waals surface area contributed by atoms with E-state index in [2.05, 4.69) is 348 Å². The Balaban J connectivity index is 1.22. The fraction of sp³-hybridized carbons (Fsp3) is 0.415. The molecular weight excluding hydrogens is 1350 g/mol. The van der Waals surface area contributed by atoms with Crippen molar-refractivity contribution < 1.29 is 25.2 Å². The van der Waals surface area contributed by atoms with Gasteiger partial charge in [0.05, 0.1) is 6.61 Å². The van der Waals surface area contributed by atoms with Crippen LogP contribution in [0.25, 0.3) is 87.6 Å². The first-order chi connectivity index (χ1) is 51.7. The molecule has 0 aliphatic carbocycles. The molecule has 0 saturated heterocycles. The van der Waals surface area contributed by atoms with E-state index < -0.39 is 0 Å². The molecular formula is C106H126O5. The molecule has 111 heavy (non-hydrogen) atoms. The van der Waals surface area contributed by atoms with Crippen LogP contribution in [-0.2, 0) is 43.3 Å². The van der Waals surface area contributed by atoms with Gasteiger partial charge in [-0.3, -0.25) is 0 Å². The molecule has 0 amide bonds. The van der Waals surface area contributed by atoms with Crippen LogP contribution in [0.1, 0.15) is 304 Å². The zero-order valence-electron chi connectivity index (χ0n) is 71.9. The Hall–Kier alpha value is -9.42. The molecule has 0 bridgehead atoms. The number of benzene rings is 11. The second-order valence-corrected chi connectivity index (χ2v) is 40.1. The SMILES string of the molecule is CCCCCCCCCCCCOc1ccc(C#Cc2c3cc(-c4cc(C(C)(C)C)c(O)c(C(C)(C)C)c4)ccc3c(C#Cc3c4cc(-c5cc(C(C)(C)C)c(O)c(C(C)(C)C)c5)ccc4cc4ccc(-c5cc(C(C)(C)C)c(O)c(C(C)(C)C)c5)cc34)c3ccc(-c4cc(C(C)(C)C)c(O)c(C(C)(C)C)c4)cc23)cc1. The summed E-state index contributed by atoms with van der Waals surface area (Å²) in [5.41, 5.74) is 15.7. The quantitative estimate of drug-likeness (QED) is 0.0440. The van der Waals surface area contributed by atoms with Crippen LogP contribution in [0.5, 0.6) is 28.7 Å². The summed E-state index contributed by atoms with van der Waals surface area (Å²) in [4.78, 5) is 0. The van der Waals surface area contributed by atoms with E-state index in [4.69, 9.17) is 4.74 Å². The average Bonchev–Trinajstić information content (AvgIpc) is 0.747. The molecule has 5 heteroatoms. The molecule has 0 aliphatic heterocycles. The van der Waals surface area contributed by atoms with Gasteiger partial charge in [-0.25, -0.2) is 0 Å². The van der Waals surface area contributed by atoms with Gasteiger partial charge in [-0.1, -0.05) is 303 Å². The topological polar surface area (TPSA) is 90.2 Å². The van der Waals surface area contributed by atoms with Crippen LogP contribution in [0.4, 0.5) is 0 Å². The van der Waals surface area contributed by atoms with Crippen molar-refractivity contribution in [3.05, 3.63) is 218 Å². The molecule has 0 heterocycles. The van der Waals surface area contributed by atoms with Crippen LogP contribution in [-0.4, -0.2) is 27.0 Å². The van der Waals surface area contributed by atoms with Gasteiger partial charge in [-0.05, 0) is 240 Å². The van der Waals surface area contributed by atoms with E-state index in [0.29, 0.717) is 29.6 Å². The van der Waals surface area contributed by atoms with Gasteiger partial charge in [0.15, 0.2) is 0 Å². The Kier molecular flexibility index (Phi) is 23.3. The highest BCUT2D eigenvalue weighted by Crippen LogP contribution is 2.49. The molecule has 0 spiro atoms. The smallest absolute Gasteiger partial charge is 0.123 e. The van der Waals surface area contributed by atoms with E-state index in [1.807, 2.05) is 0 Å². The fourth-order valence-electron chi connectivity index (χ4n) is 15.9. The van der Waals surface area contributed by atoms with Crippen molar-refractivity contribution in [2.45, 2.75) is 281 Å². The van der Waals surface area contributed by atoms with E-state index >= 15 is 0 Å². The first-order valence-electron chi connectivity index (χ1n) is 41.1. The number of phenols is 4. The lowest BCUT2D eigenvalue weighted by Crippen LogP contribution is -2.17. The molecule has 4 N–H and O–H groups in total. The maximum absolute atomic E-state index is 12.2. The summed E-state index contributed by atoms with van der Waals surface area (Å²) in [6.07, 6.45) is 12.7. The van der Waals surface area contributed by atoms with Crippen molar-refractivity contribution in [3.8, 4) is 96.9 Å². The molecule has 11 aromatic carbocycles. The summed E-state index contributed by atoms with van der Waals surface area (Å²) < 4.78 is 6.38. The van der Waals surface area contributed by atoms with Crippen molar-refractivity contribution in [2.24, 2.45) is 0 Å². The number of unbranched alkanes of at least 4 members (excludes halogenated alkanes) is 9. The second kappa shape index (κ2) is 31.3. The Morgan fingerprint density at radius 2 is 0.495 bits per heavy atom. The summed E-state index contributed by atoms with van der Waals surface area (Å²) >= 11 is 0. The summed E-state index contributed by atoms with van der Waals surface area (Å²) in [5, 5.41) is 56.4. The van der Waals surface area contributed by atoms with E-state index in [9.17, 15) is 20.4 Å². The first kappa shape index (κ1) is 82.5. The highest BCUT2D eigenvalue weighted by molar-refractivity contribution is 6.13. The van der Waals surface area contributed by atoms with E-state index in [0.717, 1.165) is 167 Å². The predicted octanol–water partition coefficient (Wildman–Crippen LogP) is 29.3. The largest absolute Gasteiger partial charge is 0.507 e. The molecule has 0 atom stereocenters. The zero-order valence-corrected chi connectivity index (χ0v) is 71.9. The van der Waals surface area contributed by atoms with Gasteiger partial charge in [0, 0.05) is 66.8 Å². The number of aromatic hydroxyl groups is 4. The number of phenolic OH excluding ortho intramolecular Hbond substituents is 4. The molecule has 11 aromatic rings. The first-order valence-corrected chi connectivity index (χ1v) is 41.1. The fourth-order valence-corrected chi connectivity index (χ4v) is 15.9. The van der Waals surface area contributed by atoms with Crippen molar-refractivity contribution in [1.82, 2.24) is 0 Å². The Morgan fingerprint density at radius 3 is 0.793 bits per heavy atom. The predicted molar refractivity (Wildman–Crippen MR) is 477 cm³/mol. The Labute approximate surface area is 666 Å². The summed E-state index contributed by atoms with van der Waals surface area (Å²) in [7, 11) is 0. The molecule has 5 nitrogen and oxygen atoms in total. The maximum atomic E-state index is 12.2. The summed E-state index contributed by atoms with van der Waals surface area (Å²) in [6, 6.07) is 55.0. The molecule has 11 rings (SSSR count). The van der Waals surface area contributed by atoms with Crippen molar-refractivity contribution in [3.63, 3.8) is 0 Å². The Morgan fingerprint density at radius 1 is 0.243 bits per heavy atom. The summed E-state index contributed by atoms with van der Waals surface area (Å²) in [6.45, 7) is 55.0. The maximum Gasteiger partial charge on any atom is 0.123 e. The van der Waals surface area contributed by atoms with Gasteiger partial charge < -0.3 is 25.2 Å². The monoisotopic (exact) mass is 1480 g/mol. The van der Waals surface area contributed by atoms with E-state index in [-0.39, 0.29) is 43.3 Å². The third-order valence-corrected chi connectivity index (χ3v) is 22.6. The standard InChI is InChI=1S/C106H126O5/c1-26-27-28-29-30-31-32-33-34-35-52-111-77-45-36-66(37-46-77)38-47-82-85-56-69(75-62-91(103(14,15)16)97(109)92(63-75)104(17,18)19)43-48-79(85)78(80-49-44-70(57-86(80)82)76-64-93(105(20,21)22)98(110)94(65-76)106(23,24)25)50-51-81-83-54-67(73-58-87(99(2,3)4)95(107)88(59-73)100(5,6)7)39-41-71(83)53-72-42-40-68(55-84(72)81)74-60-89(101(8,9)10)96(108)90(61-74)102(11,12)13/h36-37,39-46,48-49,53-65,107-110H,26-35,52H2,1-25H3. The highest BCUT2D eigenvalue weighted by Gasteiger charge is 2.33. The third kappa shape index (κ3) is 18.2. The van der Waals surface area contributed by atoms with Gasteiger partial charge >= 0.3 is 0 Å². The zero-order chi connectivity index (χ0) is 81.0. The highest BCUT2D eigenvalue weighted by atomic mass is 16.5. The average molecular weight is 1480 g/mol. The van der Waals surface area contributed by atoms with Crippen molar-refractivity contribution in [1.29, 1.82) is 0 Å². The van der Waals surface area contributed by atoms with E-state index in [1.165, 1.54) is 57.8 Å². The van der Waals surface area contributed by atoms with Crippen molar-refractivity contribution in [2.75, 3.05) is 6.61 Å². The van der Waals surface area contributed by atoms with Crippen LogP contribution < -0.4 is 4.74 Å². The normalized spacial score (nSPS) is 12.8. The summed E-state index contributed by atoms with van der Waals surface area (Å²) in [5.74, 6) is 17.8. The number of rotatable bonds is 16. The van der Waals surface area contributed by atoms with Gasteiger partial charge in [-0.2, -0.15) is 0 Å². The lowest BCUT2D eigenvalue weighted by atomic mass is 9.77. The minimum absolute atomic E-state index is 0.329. The van der Waals surface area contributed by atoms with Crippen LogP contribution in [0.2, 0.25) is 0 Å². The van der Waals surface area contributed by atoms with Crippen LogP contribution in [0.3, 0.4) is 0 Å². The number of hydrogen-bond acceptors (Lipinski definition) is 5. The molecule has 0 aliphatic rings. The van der Waals surface area contributed by atoms with E-state index in [1.54, 1.807) is 0 Å². The number of ether oxygens (including phenoxy) is 1. The lowest BCUT2D eigenvalue weighted by molar-refractivity contribution is 0.304. The minimum Gasteiger partial charge on any atom is -0.507 e.